The van der Waals surface area contributed by atoms with E-state index in [9.17, 15) is 13.2 Å². The summed E-state index contributed by atoms with van der Waals surface area (Å²) in [6, 6.07) is 6.09. The molecule has 0 saturated heterocycles. The molecular formula is C13H13NO5S3. The molecule has 1 heterocycles. The van der Waals surface area contributed by atoms with Crippen LogP contribution in [0.25, 0.3) is 0 Å². The predicted molar refractivity (Wildman–Crippen MR) is 86.4 cm³/mol. The van der Waals surface area contributed by atoms with Crippen LogP contribution >= 0.6 is 21.6 Å². The SMILES string of the molecule is Cc1ccc(S(=O)(=O)NC(=O)OC2=CC=C(CO)SS2)cc1. The molecule has 0 fully saturated rings. The molecule has 0 aromatic heterocycles. The third kappa shape index (κ3) is 4.54. The minimum absolute atomic E-state index is 0.0165. The Morgan fingerprint density at radius 2 is 1.91 bits per heavy atom. The van der Waals surface area contributed by atoms with Gasteiger partial charge in [-0.25, -0.2) is 17.9 Å². The summed E-state index contributed by atoms with van der Waals surface area (Å²) in [4.78, 5) is 12.4. The number of hydrogen-bond acceptors (Lipinski definition) is 7. The zero-order valence-electron chi connectivity index (χ0n) is 11.5. The molecule has 0 spiro atoms. The lowest BCUT2D eigenvalue weighted by atomic mass is 10.2. The minimum atomic E-state index is -3.97. The topological polar surface area (TPSA) is 92.7 Å². The van der Waals surface area contributed by atoms with Gasteiger partial charge in [-0.1, -0.05) is 28.5 Å². The van der Waals surface area contributed by atoms with Gasteiger partial charge in [-0.15, -0.1) is 0 Å². The third-order valence-electron chi connectivity index (χ3n) is 2.53. The van der Waals surface area contributed by atoms with Gasteiger partial charge in [0.15, 0.2) is 5.09 Å². The van der Waals surface area contributed by atoms with Gasteiger partial charge in [0.05, 0.1) is 11.5 Å². The van der Waals surface area contributed by atoms with Gasteiger partial charge in [-0.3, -0.25) is 0 Å². The molecule has 0 bridgehead atoms. The molecule has 2 rings (SSSR count). The highest BCUT2D eigenvalue weighted by molar-refractivity contribution is 8.79. The second-order valence-electron chi connectivity index (χ2n) is 4.25. The van der Waals surface area contributed by atoms with E-state index in [2.05, 4.69) is 0 Å². The van der Waals surface area contributed by atoms with Crippen LogP contribution in [0.5, 0.6) is 0 Å². The summed E-state index contributed by atoms with van der Waals surface area (Å²) in [7, 11) is -1.61. The number of aliphatic hydroxyl groups is 1. The quantitative estimate of drug-likeness (QED) is 0.798. The molecule has 22 heavy (non-hydrogen) atoms. The van der Waals surface area contributed by atoms with Crippen LogP contribution in [-0.4, -0.2) is 26.2 Å². The fourth-order valence-electron chi connectivity index (χ4n) is 1.44. The molecule has 0 saturated carbocycles. The first-order valence-corrected chi connectivity index (χ1v) is 9.71. The molecule has 1 aliphatic rings. The second kappa shape index (κ2) is 7.23. The van der Waals surface area contributed by atoms with Gasteiger partial charge in [0.2, 0.25) is 0 Å². The Morgan fingerprint density at radius 1 is 1.23 bits per heavy atom. The average Bonchev–Trinajstić information content (AvgIpc) is 2.48. The summed E-state index contributed by atoms with van der Waals surface area (Å²) in [6.07, 6.45) is 2.00. The van der Waals surface area contributed by atoms with E-state index in [0.717, 1.165) is 16.4 Å². The molecule has 1 aromatic carbocycles. The molecule has 0 atom stereocenters. The standard InChI is InChI=1S/C13H13NO5S3/c1-9-2-5-11(6-3-9)22(17,18)14-13(16)19-12-7-4-10(8-15)20-21-12/h2-7,15H,8H2,1H3,(H,14,16). The Hall–Kier alpha value is -1.42. The van der Waals surface area contributed by atoms with E-state index in [0.29, 0.717) is 4.91 Å². The largest absolute Gasteiger partial charge is 0.427 e. The second-order valence-corrected chi connectivity index (χ2v) is 8.19. The molecular weight excluding hydrogens is 346 g/mol. The number of benzene rings is 1. The maximum Gasteiger partial charge on any atom is 0.427 e. The molecule has 0 aliphatic carbocycles. The van der Waals surface area contributed by atoms with E-state index in [1.54, 1.807) is 18.2 Å². The van der Waals surface area contributed by atoms with Gasteiger partial charge in [0.1, 0.15) is 0 Å². The molecule has 1 aliphatic heterocycles. The van der Waals surface area contributed by atoms with Crippen molar-refractivity contribution in [3.05, 3.63) is 52.0 Å². The molecule has 0 radical (unpaired) electrons. The molecule has 2 N–H and O–H groups in total. The normalized spacial score (nSPS) is 14.8. The van der Waals surface area contributed by atoms with Crippen LogP contribution in [0, 0.1) is 6.92 Å². The van der Waals surface area contributed by atoms with Crippen molar-refractivity contribution >= 4 is 37.7 Å². The number of rotatable bonds is 4. The number of aryl methyl sites for hydroxylation is 1. The Labute approximate surface area is 136 Å². The number of ether oxygens (including phenoxy) is 1. The number of nitrogens with one attached hydrogen (secondary N) is 1. The number of amides is 1. The fraction of sp³-hybridized carbons (Fsp3) is 0.154. The summed E-state index contributed by atoms with van der Waals surface area (Å²) in [5.74, 6) is 0. The molecule has 9 heteroatoms. The highest BCUT2D eigenvalue weighted by atomic mass is 33.1. The van der Waals surface area contributed by atoms with Crippen molar-refractivity contribution in [2.75, 3.05) is 6.61 Å². The van der Waals surface area contributed by atoms with Gasteiger partial charge < -0.3 is 9.84 Å². The van der Waals surface area contributed by atoms with Crippen LogP contribution in [0.4, 0.5) is 4.79 Å². The van der Waals surface area contributed by atoms with Crippen LogP contribution in [0.3, 0.4) is 0 Å². The van der Waals surface area contributed by atoms with E-state index >= 15 is 0 Å². The summed E-state index contributed by atoms with van der Waals surface area (Å²) >= 11 is 0. The lowest BCUT2D eigenvalue weighted by molar-refractivity contribution is 0.189. The average molecular weight is 359 g/mol. The Bertz CT molecular complexity index is 723. The van der Waals surface area contributed by atoms with Crippen molar-refractivity contribution in [3.8, 4) is 0 Å². The van der Waals surface area contributed by atoms with Gasteiger partial charge in [0, 0.05) is 4.91 Å². The van der Waals surface area contributed by atoms with Crippen LogP contribution in [0.15, 0.2) is 51.3 Å². The zero-order chi connectivity index (χ0) is 16.2. The van der Waals surface area contributed by atoms with Crippen LogP contribution in [0.1, 0.15) is 5.56 Å². The molecule has 1 amide bonds. The monoisotopic (exact) mass is 359 g/mol. The van der Waals surface area contributed by atoms with Crippen LogP contribution in [0.2, 0.25) is 0 Å². The molecule has 6 nitrogen and oxygen atoms in total. The van der Waals surface area contributed by atoms with Gasteiger partial charge in [-0.05, 0) is 42.0 Å². The first kappa shape index (κ1) is 16.9. The molecule has 0 unspecified atom stereocenters. The number of aliphatic hydroxyl groups excluding tert-OH is 1. The van der Waals surface area contributed by atoms with Gasteiger partial charge in [-0.2, -0.15) is 0 Å². The Balaban J connectivity index is 2.01. The first-order chi connectivity index (χ1) is 10.4. The van der Waals surface area contributed by atoms with Crippen LogP contribution < -0.4 is 4.72 Å². The summed E-state index contributed by atoms with van der Waals surface area (Å²) in [5, 5.41) is 9.16. The van der Waals surface area contributed by atoms with Crippen molar-refractivity contribution < 1.29 is 23.1 Å². The lowest BCUT2D eigenvalue weighted by Crippen LogP contribution is -2.30. The number of carbonyl (C=O) groups excluding carboxylic acids is 1. The van der Waals surface area contributed by atoms with Crippen LogP contribution in [-0.2, 0) is 14.8 Å². The minimum Gasteiger partial charge on any atom is -0.402 e. The molecule has 118 valence electrons. The fourth-order valence-corrected chi connectivity index (χ4v) is 4.07. The third-order valence-corrected chi connectivity index (χ3v) is 6.19. The van der Waals surface area contributed by atoms with E-state index < -0.39 is 16.1 Å². The number of hydrogen-bond donors (Lipinski definition) is 2. The van der Waals surface area contributed by atoms with E-state index in [-0.39, 0.29) is 16.6 Å². The predicted octanol–water partition coefficient (Wildman–Crippen LogP) is 2.52. The highest BCUT2D eigenvalue weighted by Crippen LogP contribution is 2.40. The van der Waals surface area contributed by atoms with E-state index in [1.807, 2.05) is 11.6 Å². The number of carbonyl (C=O) groups is 1. The molecule has 1 aromatic rings. The van der Waals surface area contributed by atoms with Crippen molar-refractivity contribution in [2.24, 2.45) is 0 Å². The van der Waals surface area contributed by atoms with Crippen molar-refractivity contribution in [1.29, 1.82) is 0 Å². The van der Waals surface area contributed by atoms with E-state index in [1.165, 1.54) is 29.0 Å². The Morgan fingerprint density at radius 3 is 2.45 bits per heavy atom. The van der Waals surface area contributed by atoms with Crippen molar-refractivity contribution in [3.63, 3.8) is 0 Å². The summed E-state index contributed by atoms with van der Waals surface area (Å²) in [6.45, 7) is 1.73. The number of allylic oxidation sites excluding steroid dienone is 2. The smallest absolute Gasteiger partial charge is 0.402 e. The highest BCUT2D eigenvalue weighted by Gasteiger charge is 2.20. The zero-order valence-corrected chi connectivity index (χ0v) is 13.9. The van der Waals surface area contributed by atoms with Crippen molar-refractivity contribution in [1.82, 2.24) is 4.72 Å². The summed E-state index contributed by atoms with van der Waals surface area (Å²) < 4.78 is 30.8. The lowest BCUT2D eigenvalue weighted by Gasteiger charge is -2.12. The first-order valence-electron chi connectivity index (χ1n) is 6.08. The number of sulfonamides is 1. The summed E-state index contributed by atoms with van der Waals surface area (Å²) in [5.41, 5.74) is 0.911. The Kier molecular flexibility index (Phi) is 5.57. The maximum absolute atomic E-state index is 12.0. The van der Waals surface area contributed by atoms with Crippen molar-refractivity contribution in [2.45, 2.75) is 11.8 Å². The maximum atomic E-state index is 12.0. The van der Waals surface area contributed by atoms with E-state index in [4.69, 9.17) is 9.84 Å². The van der Waals surface area contributed by atoms with Gasteiger partial charge in [0.25, 0.3) is 10.0 Å². The van der Waals surface area contributed by atoms with Gasteiger partial charge >= 0.3 is 6.09 Å².